The number of hydrogen-bond donors (Lipinski definition) is 1. The Morgan fingerprint density at radius 2 is 1.84 bits per heavy atom. The zero-order valence-electron chi connectivity index (χ0n) is 13.5. The lowest BCUT2D eigenvalue weighted by molar-refractivity contribution is -0.392. The number of benzene rings is 1. The Morgan fingerprint density at radius 3 is 2.20 bits per heavy atom. The number of hydrogen-bond acceptors (Lipinski definition) is 6. The molecule has 1 aliphatic rings. The predicted octanol–water partition coefficient (Wildman–Crippen LogP) is 3.73. The van der Waals surface area contributed by atoms with Gasteiger partial charge in [0.25, 0.3) is 5.69 Å². The molecule has 0 bridgehead atoms. The van der Waals surface area contributed by atoms with E-state index in [-0.39, 0.29) is 18.5 Å². The Kier molecular flexibility index (Phi) is 4.78. The van der Waals surface area contributed by atoms with Gasteiger partial charge in [0.2, 0.25) is 0 Å². The van der Waals surface area contributed by atoms with Crippen molar-refractivity contribution in [3.63, 3.8) is 0 Å². The first-order valence-electron chi connectivity index (χ1n) is 7.54. The van der Waals surface area contributed by atoms with E-state index in [2.05, 4.69) is 0 Å². The molecule has 1 aromatic carbocycles. The summed E-state index contributed by atoms with van der Waals surface area (Å²) in [6.45, 7) is 3.59. The second-order valence-electron chi connectivity index (χ2n) is 6.26. The lowest BCUT2D eigenvalue weighted by atomic mass is 10.0. The van der Waals surface area contributed by atoms with Crippen LogP contribution in [0.4, 0.5) is 35.9 Å². The average molecular weight is 362 g/mol. The maximum atomic E-state index is 13.1. The Hall–Kier alpha value is -2.59. The Bertz CT molecular complexity index is 717. The van der Waals surface area contributed by atoms with E-state index in [1.165, 1.54) is 4.90 Å². The summed E-state index contributed by atoms with van der Waals surface area (Å²) in [4.78, 5) is 22.1. The van der Waals surface area contributed by atoms with Gasteiger partial charge in [0.1, 0.15) is 5.69 Å². The highest BCUT2D eigenvalue weighted by Gasteiger charge is 2.44. The van der Waals surface area contributed by atoms with E-state index >= 15 is 0 Å². The molecule has 0 heterocycles. The number of nitro benzene ring substituents is 2. The van der Waals surface area contributed by atoms with Crippen molar-refractivity contribution < 1.29 is 23.0 Å². The van der Waals surface area contributed by atoms with Crippen LogP contribution in [0.25, 0.3) is 0 Å². The highest BCUT2D eigenvalue weighted by Crippen LogP contribution is 2.49. The summed E-state index contributed by atoms with van der Waals surface area (Å²) in [5, 5.41) is 22.8. The monoisotopic (exact) mass is 362 g/mol. The van der Waals surface area contributed by atoms with E-state index < -0.39 is 50.4 Å². The molecule has 0 amide bonds. The van der Waals surface area contributed by atoms with Crippen LogP contribution in [-0.4, -0.2) is 22.4 Å². The van der Waals surface area contributed by atoms with E-state index in [4.69, 9.17) is 5.73 Å². The Labute approximate surface area is 140 Å². The highest BCUT2D eigenvalue weighted by atomic mass is 19.4. The van der Waals surface area contributed by atoms with Crippen LogP contribution in [0.2, 0.25) is 0 Å². The van der Waals surface area contributed by atoms with Crippen LogP contribution in [0.15, 0.2) is 6.07 Å². The van der Waals surface area contributed by atoms with Crippen LogP contribution < -0.4 is 10.6 Å². The van der Waals surface area contributed by atoms with Gasteiger partial charge in [-0.2, -0.15) is 13.2 Å². The molecule has 11 heteroatoms. The summed E-state index contributed by atoms with van der Waals surface area (Å²) in [6, 6.07) is -0.117. The molecule has 1 fully saturated rings. The molecule has 0 aliphatic heterocycles. The second-order valence-corrected chi connectivity index (χ2v) is 6.26. The van der Waals surface area contributed by atoms with E-state index in [1.54, 1.807) is 13.8 Å². The van der Waals surface area contributed by atoms with Gasteiger partial charge in [-0.15, -0.1) is 0 Å². The minimum Gasteiger partial charge on any atom is -0.393 e. The van der Waals surface area contributed by atoms with Crippen molar-refractivity contribution in [2.45, 2.75) is 38.9 Å². The van der Waals surface area contributed by atoms with Crippen LogP contribution in [-0.2, 0) is 6.18 Å². The molecule has 0 unspecified atom stereocenters. The van der Waals surface area contributed by atoms with Gasteiger partial charge in [-0.3, -0.25) is 20.2 Å². The molecule has 2 rings (SSSR count). The number of rotatable bonds is 6. The lowest BCUT2D eigenvalue weighted by Gasteiger charge is -2.29. The summed E-state index contributed by atoms with van der Waals surface area (Å²) in [5.41, 5.74) is 0.210. The number of halogens is 3. The van der Waals surface area contributed by atoms with E-state index in [9.17, 15) is 33.4 Å². The van der Waals surface area contributed by atoms with Gasteiger partial charge in [0.05, 0.1) is 15.4 Å². The van der Waals surface area contributed by atoms with Crippen molar-refractivity contribution in [2.75, 3.05) is 17.2 Å². The molecule has 2 N–H and O–H groups in total. The fourth-order valence-corrected chi connectivity index (χ4v) is 2.64. The number of nitrogen functional groups attached to an aromatic ring is 1. The van der Waals surface area contributed by atoms with E-state index in [0.717, 1.165) is 12.8 Å². The molecule has 0 saturated heterocycles. The number of nitrogens with zero attached hydrogens (tertiary/aromatic N) is 3. The zero-order valence-corrected chi connectivity index (χ0v) is 13.5. The number of alkyl halides is 3. The normalized spacial score (nSPS) is 14.6. The van der Waals surface area contributed by atoms with Crippen LogP contribution in [0.5, 0.6) is 0 Å². The van der Waals surface area contributed by atoms with Gasteiger partial charge in [0, 0.05) is 18.7 Å². The van der Waals surface area contributed by atoms with Crippen molar-refractivity contribution >= 4 is 22.7 Å². The van der Waals surface area contributed by atoms with Crippen LogP contribution in [0, 0.1) is 26.1 Å². The van der Waals surface area contributed by atoms with Crippen molar-refractivity contribution in [2.24, 2.45) is 5.92 Å². The smallest absolute Gasteiger partial charge is 0.393 e. The van der Waals surface area contributed by atoms with Crippen LogP contribution >= 0.6 is 0 Å². The van der Waals surface area contributed by atoms with Gasteiger partial charge in [-0.1, -0.05) is 0 Å². The molecular formula is C14H17F3N4O4. The summed E-state index contributed by atoms with van der Waals surface area (Å²) in [5.74, 6) is 0.199. The summed E-state index contributed by atoms with van der Waals surface area (Å²) in [6.07, 6.45) is -3.32. The largest absolute Gasteiger partial charge is 0.418 e. The standard InChI is InChI=1S/C14H17F3N4O4/c1-7(2)19(6-8-3-4-8)12-10(20(22)23)5-9(14(15,16)17)11(18)13(12)21(24)25/h5,7-8H,3-4,6,18H2,1-2H3. The van der Waals surface area contributed by atoms with Crippen molar-refractivity contribution in [3.05, 3.63) is 31.9 Å². The molecule has 0 atom stereocenters. The highest BCUT2D eigenvalue weighted by molar-refractivity contribution is 5.86. The van der Waals surface area contributed by atoms with E-state index in [0.29, 0.717) is 0 Å². The third-order valence-electron chi connectivity index (χ3n) is 4.04. The van der Waals surface area contributed by atoms with Crippen molar-refractivity contribution in [1.82, 2.24) is 0 Å². The number of nitro groups is 2. The molecule has 1 saturated carbocycles. The predicted molar refractivity (Wildman–Crippen MR) is 84.4 cm³/mol. The zero-order chi connectivity index (χ0) is 19.1. The van der Waals surface area contributed by atoms with Crippen molar-refractivity contribution in [1.29, 1.82) is 0 Å². The first-order chi connectivity index (χ1) is 11.4. The molecule has 0 radical (unpaired) electrons. The Morgan fingerprint density at radius 1 is 1.28 bits per heavy atom. The van der Waals surface area contributed by atoms with E-state index in [1.807, 2.05) is 0 Å². The van der Waals surface area contributed by atoms with Gasteiger partial charge in [-0.05, 0) is 32.6 Å². The topological polar surface area (TPSA) is 116 Å². The molecule has 1 aliphatic carbocycles. The third kappa shape index (κ3) is 3.74. The Balaban J connectivity index is 2.81. The molecule has 8 nitrogen and oxygen atoms in total. The number of anilines is 2. The fourth-order valence-electron chi connectivity index (χ4n) is 2.64. The number of nitrogens with two attached hydrogens (primary N) is 1. The third-order valence-corrected chi connectivity index (χ3v) is 4.04. The maximum absolute atomic E-state index is 13.1. The van der Waals surface area contributed by atoms with Crippen molar-refractivity contribution in [3.8, 4) is 0 Å². The minimum absolute atomic E-state index is 0.199. The van der Waals surface area contributed by atoms with Crippen LogP contribution in [0.3, 0.4) is 0 Å². The first kappa shape index (κ1) is 18.7. The van der Waals surface area contributed by atoms with Gasteiger partial charge >= 0.3 is 11.9 Å². The molecule has 138 valence electrons. The fraction of sp³-hybridized carbons (Fsp3) is 0.571. The molecular weight excluding hydrogens is 345 g/mol. The lowest BCUT2D eigenvalue weighted by Crippen LogP contribution is -2.34. The maximum Gasteiger partial charge on any atom is 0.418 e. The van der Waals surface area contributed by atoms with Gasteiger partial charge in [0.15, 0.2) is 5.69 Å². The quantitative estimate of drug-likeness (QED) is 0.468. The van der Waals surface area contributed by atoms with Gasteiger partial charge < -0.3 is 10.6 Å². The molecule has 1 aromatic rings. The molecule has 25 heavy (non-hydrogen) atoms. The first-order valence-corrected chi connectivity index (χ1v) is 7.54. The van der Waals surface area contributed by atoms with Gasteiger partial charge in [-0.25, -0.2) is 0 Å². The minimum atomic E-state index is -5.04. The average Bonchev–Trinajstić information content (AvgIpc) is 3.25. The SMILES string of the molecule is CC(C)N(CC1CC1)c1c([N+](=O)[O-])cc(C(F)(F)F)c(N)c1[N+](=O)[O-]. The summed E-state index contributed by atoms with van der Waals surface area (Å²) in [7, 11) is 0. The summed E-state index contributed by atoms with van der Waals surface area (Å²) >= 11 is 0. The molecule has 0 spiro atoms. The molecule has 0 aromatic heterocycles. The summed E-state index contributed by atoms with van der Waals surface area (Å²) < 4.78 is 39.3. The second kappa shape index (κ2) is 6.37. The van der Waals surface area contributed by atoms with Crippen LogP contribution in [0.1, 0.15) is 32.3 Å².